The SMILES string of the molecule is CCCCCC(O)(CC)c1cc(C)cc(Cl)c1. The monoisotopic (exact) mass is 254 g/mol. The highest BCUT2D eigenvalue weighted by Crippen LogP contribution is 2.33. The lowest BCUT2D eigenvalue weighted by Gasteiger charge is -2.28. The van der Waals surface area contributed by atoms with Crippen LogP contribution in [0.15, 0.2) is 18.2 Å². The highest BCUT2D eigenvalue weighted by molar-refractivity contribution is 6.30. The molecule has 0 spiro atoms. The van der Waals surface area contributed by atoms with Crippen molar-refractivity contribution >= 4 is 11.6 Å². The van der Waals surface area contributed by atoms with Crippen LogP contribution in [0, 0.1) is 6.92 Å². The zero-order valence-electron chi connectivity index (χ0n) is 11.1. The van der Waals surface area contributed by atoms with E-state index in [0.717, 1.165) is 30.4 Å². The molecule has 0 aliphatic rings. The number of aryl methyl sites for hydroxylation is 1. The van der Waals surface area contributed by atoms with E-state index in [2.05, 4.69) is 6.92 Å². The third-order valence-corrected chi connectivity index (χ3v) is 3.58. The molecule has 2 heteroatoms. The van der Waals surface area contributed by atoms with Crippen LogP contribution in [0.25, 0.3) is 0 Å². The van der Waals surface area contributed by atoms with Crippen LogP contribution in [0.4, 0.5) is 0 Å². The second-order valence-corrected chi connectivity index (χ2v) is 5.30. The van der Waals surface area contributed by atoms with E-state index < -0.39 is 5.60 Å². The summed E-state index contributed by atoms with van der Waals surface area (Å²) in [6.45, 7) is 6.22. The van der Waals surface area contributed by atoms with E-state index in [0.29, 0.717) is 5.02 Å². The molecule has 0 heterocycles. The van der Waals surface area contributed by atoms with Crippen molar-refractivity contribution in [1.29, 1.82) is 0 Å². The summed E-state index contributed by atoms with van der Waals surface area (Å²) < 4.78 is 0. The normalized spacial score (nSPS) is 14.6. The molecule has 0 saturated carbocycles. The molecular weight excluding hydrogens is 232 g/mol. The second-order valence-electron chi connectivity index (χ2n) is 4.86. The van der Waals surface area contributed by atoms with Crippen LogP contribution < -0.4 is 0 Å². The molecule has 1 rings (SSSR count). The minimum absolute atomic E-state index is 0.711. The van der Waals surface area contributed by atoms with Crippen LogP contribution in [0.5, 0.6) is 0 Å². The van der Waals surface area contributed by atoms with Gasteiger partial charge in [0.25, 0.3) is 0 Å². The minimum atomic E-state index is -0.717. The van der Waals surface area contributed by atoms with Crippen molar-refractivity contribution in [2.75, 3.05) is 0 Å². The fraction of sp³-hybridized carbons (Fsp3) is 0.600. The van der Waals surface area contributed by atoms with E-state index in [9.17, 15) is 5.11 Å². The first-order valence-electron chi connectivity index (χ1n) is 6.52. The van der Waals surface area contributed by atoms with Crippen molar-refractivity contribution in [3.63, 3.8) is 0 Å². The van der Waals surface area contributed by atoms with E-state index in [1.165, 1.54) is 12.8 Å². The summed E-state index contributed by atoms with van der Waals surface area (Å²) in [4.78, 5) is 0. The van der Waals surface area contributed by atoms with Gasteiger partial charge in [0.15, 0.2) is 0 Å². The standard InChI is InChI=1S/C15H23ClO/c1-4-6-7-8-15(17,5-2)13-9-12(3)10-14(16)11-13/h9-11,17H,4-8H2,1-3H3. The number of aliphatic hydroxyl groups is 1. The summed E-state index contributed by atoms with van der Waals surface area (Å²) in [5, 5.41) is 11.4. The molecule has 1 aromatic carbocycles. The maximum absolute atomic E-state index is 10.7. The molecule has 0 aliphatic heterocycles. The molecule has 0 aliphatic carbocycles. The summed E-state index contributed by atoms with van der Waals surface area (Å²) in [6.07, 6.45) is 4.95. The van der Waals surface area contributed by atoms with Gasteiger partial charge in [-0.05, 0) is 43.0 Å². The largest absolute Gasteiger partial charge is 0.385 e. The van der Waals surface area contributed by atoms with Crippen LogP contribution in [0.3, 0.4) is 0 Å². The Morgan fingerprint density at radius 2 is 1.88 bits per heavy atom. The molecule has 1 unspecified atom stereocenters. The number of hydrogen-bond acceptors (Lipinski definition) is 1. The third kappa shape index (κ3) is 4.01. The van der Waals surface area contributed by atoms with Crippen LogP contribution in [-0.4, -0.2) is 5.11 Å². The quantitative estimate of drug-likeness (QED) is 0.721. The zero-order valence-corrected chi connectivity index (χ0v) is 11.8. The van der Waals surface area contributed by atoms with E-state index in [4.69, 9.17) is 11.6 Å². The molecule has 1 N–H and O–H groups in total. The van der Waals surface area contributed by atoms with Gasteiger partial charge in [0.05, 0.1) is 5.60 Å². The summed E-state index contributed by atoms with van der Waals surface area (Å²) in [7, 11) is 0. The second kappa shape index (κ2) is 6.42. The summed E-state index contributed by atoms with van der Waals surface area (Å²) in [6, 6.07) is 5.86. The summed E-state index contributed by atoms with van der Waals surface area (Å²) >= 11 is 6.06. The van der Waals surface area contributed by atoms with E-state index >= 15 is 0 Å². The summed E-state index contributed by atoms with van der Waals surface area (Å²) in [5.41, 5.74) is 1.35. The number of halogens is 1. The van der Waals surface area contributed by atoms with Crippen molar-refractivity contribution in [1.82, 2.24) is 0 Å². The van der Waals surface area contributed by atoms with Gasteiger partial charge in [-0.2, -0.15) is 0 Å². The molecule has 0 amide bonds. The van der Waals surface area contributed by atoms with Gasteiger partial charge in [0.2, 0.25) is 0 Å². The minimum Gasteiger partial charge on any atom is -0.385 e. The number of hydrogen-bond donors (Lipinski definition) is 1. The Labute approximate surface area is 110 Å². The smallest absolute Gasteiger partial charge is 0.0894 e. The van der Waals surface area contributed by atoms with Crippen LogP contribution in [0.1, 0.15) is 57.1 Å². The lowest BCUT2D eigenvalue weighted by Crippen LogP contribution is -2.24. The first-order valence-corrected chi connectivity index (χ1v) is 6.89. The number of rotatable bonds is 6. The molecule has 0 fully saturated rings. The Bertz CT molecular complexity index is 342. The van der Waals surface area contributed by atoms with Crippen molar-refractivity contribution in [3.05, 3.63) is 34.3 Å². The fourth-order valence-electron chi connectivity index (χ4n) is 2.20. The molecule has 0 aromatic heterocycles. The molecule has 1 nitrogen and oxygen atoms in total. The zero-order chi connectivity index (χ0) is 12.9. The van der Waals surface area contributed by atoms with E-state index in [1.54, 1.807) is 0 Å². The first kappa shape index (κ1) is 14.5. The molecule has 1 aromatic rings. The van der Waals surface area contributed by atoms with Crippen LogP contribution >= 0.6 is 11.6 Å². The topological polar surface area (TPSA) is 20.2 Å². The Balaban J connectivity index is 2.90. The predicted molar refractivity (Wildman–Crippen MR) is 74.5 cm³/mol. The van der Waals surface area contributed by atoms with Gasteiger partial charge in [-0.25, -0.2) is 0 Å². The van der Waals surface area contributed by atoms with Crippen molar-refractivity contribution in [3.8, 4) is 0 Å². The maximum atomic E-state index is 10.7. The fourth-order valence-corrected chi connectivity index (χ4v) is 2.49. The third-order valence-electron chi connectivity index (χ3n) is 3.36. The molecule has 17 heavy (non-hydrogen) atoms. The van der Waals surface area contributed by atoms with Crippen LogP contribution in [0.2, 0.25) is 5.02 Å². The maximum Gasteiger partial charge on any atom is 0.0894 e. The van der Waals surface area contributed by atoms with Gasteiger partial charge in [-0.15, -0.1) is 0 Å². The van der Waals surface area contributed by atoms with E-state index in [-0.39, 0.29) is 0 Å². The molecule has 0 bridgehead atoms. The van der Waals surface area contributed by atoms with Gasteiger partial charge in [0.1, 0.15) is 0 Å². The Hall–Kier alpha value is -0.530. The van der Waals surface area contributed by atoms with Crippen molar-refractivity contribution < 1.29 is 5.11 Å². The lowest BCUT2D eigenvalue weighted by molar-refractivity contribution is 0.0207. The van der Waals surface area contributed by atoms with Crippen molar-refractivity contribution in [2.24, 2.45) is 0 Å². The first-order chi connectivity index (χ1) is 8.01. The number of unbranched alkanes of at least 4 members (excludes halogenated alkanes) is 2. The van der Waals surface area contributed by atoms with Gasteiger partial charge >= 0.3 is 0 Å². The highest BCUT2D eigenvalue weighted by Gasteiger charge is 2.26. The van der Waals surface area contributed by atoms with Gasteiger partial charge < -0.3 is 5.11 Å². The van der Waals surface area contributed by atoms with Gasteiger partial charge in [-0.1, -0.05) is 50.8 Å². The van der Waals surface area contributed by atoms with Crippen molar-refractivity contribution in [2.45, 2.75) is 58.5 Å². The molecule has 0 saturated heterocycles. The molecular formula is C15H23ClO. The highest BCUT2D eigenvalue weighted by atomic mass is 35.5. The number of benzene rings is 1. The lowest BCUT2D eigenvalue weighted by atomic mass is 9.85. The molecule has 0 radical (unpaired) electrons. The van der Waals surface area contributed by atoms with Crippen LogP contribution in [-0.2, 0) is 5.60 Å². The molecule has 1 atom stereocenters. The average molecular weight is 255 g/mol. The van der Waals surface area contributed by atoms with E-state index in [1.807, 2.05) is 32.0 Å². The Morgan fingerprint density at radius 3 is 2.41 bits per heavy atom. The Morgan fingerprint density at radius 1 is 1.18 bits per heavy atom. The predicted octanol–water partition coefficient (Wildman–Crippen LogP) is 4.83. The summed E-state index contributed by atoms with van der Waals surface area (Å²) in [5.74, 6) is 0. The van der Waals surface area contributed by atoms with Gasteiger partial charge in [0, 0.05) is 5.02 Å². The average Bonchev–Trinajstić information content (AvgIpc) is 2.28. The Kier molecular flexibility index (Phi) is 5.48. The van der Waals surface area contributed by atoms with Gasteiger partial charge in [-0.3, -0.25) is 0 Å². The molecule has 96 valence electrons.